The van der Waals surface area contributed by atoms with Gasteiger partial charge in [0.05, 0.1) is 24.1 Å². The van der Waals surface area contributed by atoms with Crippen molar-refractivity contribution in [2.75, 3.05) is 31.6 Å². The molecule has 0 radical (unpaired) electrons. The van der Waals surface area contributed by atoms with Crippen LogP contribution in [0.2, 0.25) is 0 Å². The number of aryl methyl sites for hydroxylation is 1. The first kappa shape index (κ1) is 22.9. The number of ether oxygens (including phenoxy) is 2. The Balaban J connectivity index is 1.78. The Labute approximate surface area is 183 Å². The number of carbonyl (C=O) groups excluding carboxylic acids is 2. The molecule has 0 saturated carbocycles. The highest BCUT2D eigenvalue weighted by Crippen LogP contribution is 2.28. The minimum atomic E-state index is -0.507. The van der Waals surface area contributed by atoms with Crippen molar-refractivity contribution in [3.8, 4) is 0 Å². The van der Waals surface area contributed by atoms with Crippen LogP contribution >= 0.6 is 0 Å². The van der Waals surface area contributed by atoms with E-state index in [9.17, 15) is 9.59 Å². The maximum atomic E-state index is 12.4. The highest BCUT2D eigenvalue weighted by molar-refractivity contribution is 5.80. The monoisotopic (exact) mass is 430 g/mol. The zero-order valence-electron chi connectivity index (χ0n) is 19.4. The Kier molecular flexibility index (Phi) is 6.77. The Morgan fingerprint density at radius 1 is 1.29 bits per heavy atom. The summed E-state index contributed by atoms with van der Waals surface area (Å²) in [5.74, 6) is 0.366. The van der Waals surface area contributed by atoms with Crippen molar-refractivity contribution >= 4 is 28.8 Å². The normalized spacial score (nSPS) is 16.3. The average molecular weight is 431 g/mol. The summed E-state index contributed by atoms with van der Waals surface area (Å²) in [4.78, 5) is 36.4. The molecule has 0 spiro atoms. The lowest BCUT2D eigenvalue weighted by Gasteiger charge is -2.40. The number of methoxy groups -OCH3 is 1. The summed E-state index contributed by atoms with van der Waals surface area (Å²) >= 11 is 0. The number of esters is 1. The zero-order chi connectivity index (χ0) is 22.8. The number of imidazole rings is 1. The van der Waals surface area contributed by atoms with Crippen LogP contribution in [0.1, 0.15) is 46.4 Å². The summed E-state index contributed by atoms with van der Waals surface area (Å²) in [6, 6.07) is 6.34. The van der Waals surface area contributed by atoms with Gasteiger partial charge in [-0.25, -0.2) is 9.78 Å². The molecule has 2 aromatic rings. The number of nitrogens with one attached hydrogen (secondary N) is 1. The second-order valence-electron chi connectivity index (χ2n) is 9.30. The van der Waals surface area contributed by atoms with Crippen molar-refractivity contribution < 1.29 is 19.1 Å². The molecule has 1 N–H and O–H groups in total. The number of aromatic amines is 1. The van der Waals surface area contributed by atoms with Gasteiger partial charge in [-0.1, -0.05) is 6.92 Å². The molecule has 1 saturated heterocycles. The lowest BCUT2D eigenvalue weighted by atomic mass is 10.00. The number of rotatable bonds is 5. The van der Waals surface area contributed by atoms with Gasteiger partial charge in [-0.3, -0.25) is 4.79 Å². The van der Waals surface area contributed by atoms with Gasteiger partial charge in [-0.2, -0.15) is 0 Å². The van der Waals surface area contributed by atoms with Crippen LogP contribution in [0.25, 0.3) is 11.0 Å². The molecule has 170 valence electrons. The SMILES string of the molecule is COC(=O)C(C)CN(c1ccc2[nH]c(C)nc2c1)C1CCN(C(=O)OC(C)(C)C)CC1. The molecule has 2 heterocycles. The van der Waals surface area contributed by atoms with Gasteiger partial charge in [0.1, 0.15) is 11.4 Å². The van der Waals surface area contributed by atoms with E-state index in [1.807, 2.05) is 40.7 Å². The summed E-state index contributed by atoms with van der Waals surface area (Å²) in [6.07, 6.45) is 1.32. The van der Waals surface area contributed by atoms with Gasteiger partial charge in [0.2, 0.25) is 0 Å². The van der Waals surface area contributed by atoms with Crippen LogP contribution in [0.15, 0.2) is 18.2 Å². The molecule has 0 bridgehead atoms. The largest absolute Gasteiger partial charge is 0.469 e. The van der Waals surface area contributed by atoms with Gasteiger partial charge < -0.3 is 24.3 Å². The van der Waals surface area contributed by atoms with Gasteiger partial charge in [-0.15, -0.1) is 0 Å². The highest BCUT2D eigenvalue weighted by atomic mass is 16.6. The van der Waals surface area contributed by atoms with E-state index < -0.39 is 5.60 Å². The van der Waals surface area contributed by atoms with Crippen LogP contribution in [0, 0.1) is 12.8 Å². The van der Waals surface area contributed by atoms with Gasteiger partial charge in [0, 0.05) is 31.4 Å². The summed E-state index contributed by atoms with van der Waals surface area (Å²) in [5, 5.41) is 0. The number of benzene rings is 1. The Hall–Kier alpha value is -2.77. The van der Waals surface area contributed by atoms with Crippen molar-refractivity contribution in [1.29, 1.82) is 0 Å². The molecule has 31 heavy (non-hydrogen) atoms. The third-order valence-electron chi connectivity index (χ3n) is 5.55. The Morgan fingerprint density at radius 3 is 2.58 bits per heavy atom. The Morgan fingerprint density at radius 2 is 1.97 bits per heavy atom. The number of H-pyrrole nitrogens is 1. The zero-order valence-corrected chi connectivity index (χ0v) is 19.4. The molecule has 1 aromatic carbocycles. The van der Waals surface area contributed by atoms with E-state index in [1.54, 1.807) is 4.90 Å². The molecule has 1 unspecified atom stereocenters. The maximum Gasteiger partial charge on any atom is 0.410 e. The average Bonchev–Trinajstić information content (AvgIpc) is 3.09. The number of carbonyl (C=O) groups is 2. The third kappa shape index (κ3) is 5.68. The van der Waals surface area contributed by atoms with Crippen molar-refractivity contribution in [1.82, 2.24) is 14.9 Å². The molecule has 1 aromatic heterocycles. The first-order valence-electron chi connectivity index (χ1n) is 10.9. The number of amides is 1. The fourth-order valence-electron chi connectivity index (χ4n) is 4.02. The van der Waals surface area contributed by atoms with E-state index in [0.29, 0.717) is 19.6 Å². The molecule has 0 aliphatic carbocycles. The van der Waals surface area contributed by atoms with Crippen LogP contribution in [0.4, 0.5) is 10.5 Å². The third-order valence-corrected chi connectivity index (χ3v) is 5.55. The molecular weight excluding hydrogens is 396 g/mol. The fourth-order valence-corrected chi connectivity index (χ4v) is 4.02. The van der Waals surface area contributed by atoms with E-state index in [0.717, 1.165) is 35.4 Å². The predicted octanol–water partition coefficient (Wildman–Crippen LogP) is 3.89. The minimum Gasteiger partial charge on any atom is -0.469 e. The van der Waals surface area contributed by atoms with E-state index in [-0.39, 0.29) is 24.0 Å². The van der Waals surface area contributed by atoms with Crippen molar-refractivity contribution in [2.24, 2.45) is 5.92 Å². The fraction of sp³-hybridized carbons (Fsp3) is 0.609. The van der Waals surface area contributed by atoms with E-state index >= 15 is 0 Å². The molecule has 8 nitrogen and oxygen atoms in total. The molecule has 1 atom stereocenters. The number of aromatic nitrogens is 2. The summed E-state index contributed by atoms with van der Waals surface area (Å²) in [6.45, 7) is 11.2. The van der Waals surface area contributed by atoms with Crippen LogP contribution < -0.4 is 4.90 Å². The number of hydrogen-bond acceptors (Lipinski definition) is 6. The van der Waals surface area contributed by atoms with Gasteiger partial charge in [-0.05, 0) is 58.7 Å². The number of nitrogens with zero attached hydrogens (tertiary/aromatic N) is 3. The minimum absolute atomic E-state index is 0.197. The van der Waals surface area contributed by atoms with Crippen LogP contribution in [-0.4, -0.2) is 65.3 Å². The highest BCUT2D eigenvalue weighted by Gasteiger charge is 2.31. The predicted molar refractivity (Wildman–Crippen MR) is 120 cm³/mol. The van der Waals surface area contributed by atoms with Crippen LogP contribution in [0.3, 0.4) is 0 Å². The van der Waals surface area contributed by atoms with Crippen molar-refractivity contribution in [3.63, 3.8) is 0 Å². The van der Waals surface area contributed by atoms with Gasteiger partial charge in [0.15, 0.2) is 0 Å². The second kappa shape index (κ2) is 9.16. The molecular formula is C23H34N4O4. The van der Waals surface area contributed by atoms with E-state index in [1.165, 1.54) is 7.11 Å². The quantitative estimate of drug-likeness (QED) is 0.724. The second-order valence-corrected chi connectivity index (χ2v) is 9.30. The first-order valence-corrected chi connectivity index (χ1v) is 10.9. The van der Waals surface area contributed by atoms with Crippen LogP contribution in [0.5, 0.6) is 0 Å². The Bertz CT molecular complexity index is 925. The topological polar surface area (TPSA) is 87.8 Å². The number of piperidine rings is 1. The van der Waals surface area contributed by atoms with Crippen molar-refractivity contribution in [3.05, 3.63) is 24.0 Å². The summed E-state index contributed by atoms with van der Waals surface area (Å²) < 4.78 is 10.5. The molecule has 1 aliphatic heterocycles. The van der Waals surface area contributed by atoms with Gasteiger partial charge >= 0.3 is 12.1 Å². The summed E-state index contributed by atoms with van der Waals surface area (Å²) in [5.41, 5.74) is 2.40. The number of hydrogen-bond donors (Lipinski definition) is 1. The van der Waals surface area contributed by atoms with Gasteiger partial charge in [0.25, 0.3) is 0 Å². The lowest BCUT2D eigenvalue weighted by Crippen LogP contribution is -2.49. The summed E-state index contributed by atoms with van der Waals surface area (Å²) in [7, 11) is 1.42. The van der Waals surface area contributed by atoms with Crippen molar-refractivity contribution in [2.45, 2.75) is 59.1 Å². The molecule has 3 rings (SSSR count). The standard InChI is InChI=1S/C23H34N4O4/c1-15(21(28)30-6)14-27(18-7-8-19-20(13-18)25-16(2)24-19)17-9-11-26(12-10-17)22(29)31-23(3,4)5/h7-8,13,15,17H,9-12,14H2,1-6H3,(H,24,25). The molecule has 8 heteroatoms. The molecule has 1 amide bonds. The van der Waals surface area contributed by atoms with E-state index in [2.05, 4.69) is 27.0 Å². The lowest BCUT2D eigenvalue weighted by molar-refractivity contribution is -0.144. The first-order chi connectivity index (χ1) is 14.6. The maximum absolute atomic E-state index is 12.4. The van der Waals surface area contributed by atoms with Crippen LogP contribution in [-0.2, 0) is 14.3 Å². The molecule has 1 fully saturated rings. The molecule has 1 aliphatic rings. The number of likely N-dealkylation sites (tertiary alicyclic amines) is 1. The smallest absolute Gasteiger partial charge is 0.410 e. The number of anilines is 1. The van der Waals surface area contributed by atoms with E-state index in [4.69, 9.17) is 9.47 Å². The number of fused-ring (bicyclic) bond motifs is 1.